The molecule has 1 aliphatic rings. The van der Waals surface area contributed by atoms with Crippen molar-refractivity contribution >= 4 is 22.5 Å². The molecule has 0 bridgehead atoms. The fraction of sp³-hybridized carbons (Fsp3) is 0.308. The highest BCUT2D eigenvalue weighted by molar-refractivity contribution is 5.85. The molecule has 4 heterocycles. The summed E-state index contributed by atoms with van der Waals surface area (Å²) in [5.74, 6) is 1.32. The van der Waals surface area contributed by atoms with Gasteiger partial charge in [0.1, 0.15) is 0 Å². The first kappa shape index (κ1) is 13.2. The van der Waals surface area contributed by atoms with Gasteiger partial charge in [0.2, 0.25) is 11.5 Å². The van der Waals surface area contributed by atoms with Gasteiger partial charge < -0.3 is 10.2 Å². The SMILES string of the molecule is c1cc2nc(N3CCNCC3)c3nnnn3c2cc1-c1nn[nH]n1. The van der Waals surface area contributed by atoms with Gasteiger partial charge in [-0.15, -0.1) is 15.3 Å². The van der Waals surface area contributed by atoms with E-state index in [0.717, 1.165) is 48.6 Å². The minimum atomic E-state index is 0.518. The zero-order valence-corrected chi connectivity index (χ0v) is 12.6. The summed E-state index contributed by atoms with van der Waals surface area (Å²) in [7, 11) is 0. The summed E-state index contributed by atoms with van der Waals surface area (Å²) in [6, 6.07) is 5.75. The van der Waals surface area contributed by atoms with Gasteiger partial charge in [0, 0.05) is 31.7 Å². The Kier molecular flexibility index (Phi) is 2.85. The lowest BCUT2D eigenvalue weighted by molar-refractivity contribution is 0.586. The number of benzene rings is 1. The lowest BCUT2D eigenvalue weighted by Gasteiger charge is -2.28. The highest BCUT2D eigenvalue weighted by Gasteiger charge is 2.19. The normalized spacial score (nSPS) is 15.4. The molecule has 120 valence electrons. The molecule has 11 heteroatoms. The van der Waals surface area contributed by atoms with E-state index in [4.69, 9.17) is 4.98 Å². The summed E-state index contributed by atoms with van der Waals surface area (Å²) in [4.78, 5) is 7.00. The van der Waals surface area contributed by atoms with Crippen LogP contribution in [0.2, 0.25) is 0 Å². The van der Waals surface area contributed by atoms with Crippen LogP contribution in [0, 0.1) is 0 Å². The number of nitrogens with one attached hydrogen (secondary N) is 2. The second-order valence-electron chi connectivity index (χ2n) is 5.53. The van der Waals surface area contributed by atoms with E-state index in [1.165, 1.54) is 0 Å². The molecule has 0 saturated carbocycles. The van der Waals surface area contributed by atoms with Crippen LogP contribution in [0.1, 0.15) is 0 Å². The molecular formula is C13H13N11. The monoisotopic (exact) mass is 323 g/mol. The Labute approximate surface area is 135 Å². The van der Waals surface area contributed by atoms with Crippen molar-refractivity contribution in [2.45, 2.75) is 0 Å². The third-order valence-electron chi connectivity index (χ3n) is 4.12. The van der Waals surface area contributed by atoms with Crippen LogP contribution >= 0.6 is 0 Å². The van der Waals surface area contributed by atoms with Gasteiger partial charge in [-0.05, 0) is 33.8 Å². The van der Waals surface area contributed by atoms with E-state index in [9.17, 15) is 0 Å². The maximum absolute atomic E-state index is 4.79. The van der Waals surface area contributed by atoms with Crippen molar-refractivity contribution in [2.75, 3.05) is 31.1 Å². The molecule has 0 atom stereocenters. The third kappa shape index (κ3) is 1.98. The fourth-order valence-corrected chi connectivity index (χ4v) is 2.95. The average molecular weight is 323 g/mol. The molecule has 0 radical (unpaired) electrons. The van der Waals surface area contributed by atoms with Gasteiger partial charge in [0.05, 0.1) is 11.0 Å². The van der Waals surface area contributed by atoms with Crippen LogP contribution < -0.4 is 10.2 Å². The van der Waals surface area contributed by atoms with Gasteiger partial charge >= 0.3 is 0 Å². The lowest BCUT2D eigenvalue weighted by Crippen LogP contribution is -2.44. The van der Waals surface area contributed by atoms with Crippen molar-refractivity contribution in [3.05, 3.63) is 18.2 Å². The van der Waals surface area contributed by atoms with Gasteiger partial charge in [0.15, 0.2) is 5.82 Å². The van der Waals surface area contributed by atoms with E-state index < -0.39 is 0 Å². The fourth-order valence-electron chi connectivity index (χ4n) is 2.95. The molecule has 1 aromatic carbocycles. The second kappa shape index (κ2) is 5.16. The molecular weight excluding hydrogens is 310 g/mol. The van der Waals surface area contributed by atoms with E-state index in [1.807, 2.05) is 18.2 Å². The Morgan fingerprint density at radius 3 is 2.83 bits per heavy atom. The molecule has 2 N–H and O–H groups in total. The van der Waals surface area contributed by atoms with Crippen LogP contribution in [-0.4, -0.2) is 71.8 Å². The summed E-state index contributed by atoms with van der Waals surface area (Å²) in [5, 5.41) is 29.5. The highest BCUT2D eigenvalue weighted by atomic mass is 15.5. The zero-order chi connectivity index (χ0) is 15.9. The summed E-state index contributed by atoms with van der Waals surface area (Å²) < 4.78 is 1.71. The number of fused-ring (bicyclic) bond motifs is 3. The number of aromatic amines is 1. The summed E-state index contributed by atoms with van der Waals surface area (Å²) in [6.07, 6.45) is 0. The molecule has 0 aliphatic carbocycles. The van der Waals surface area contributed by atoms with E-state index in [1.54, 1.807) is 4.52 Å². The number of H-pyrrole nitrogens is 1. The zero-order valence-electron chi connectivity index (χ0n) is 12.6. The first-order chi connectivity index (χ1) is 11.9. The van der Waals surface area contributed by atoms with Gasteiger partial charge in [0.25, 0.3) is 0 Å². The first-order valence-electron chi connectivity index (χ1n) is 7.61. The van der Waals surface area contributed by atoms with Gasteiger partial charge in [-0.1, -0.05) is 0 Å². The van der Waals surface area contributed by atoms with Crippen LogP contribution in [0.5, 0.6) is 0 Å². The summed E-state index contributed by atoms with van der Waals surface area (Å²) >= 11 is 0. The number of hydrogen-bond donors (Lipinski definition) is 2. The van der Waals surface area contributed by atoms with Gasteiger partial charge in [-0.3, -0.25) is 0 Å². The number of aromatic nitrogens is 9. The molecule has 24 heavy (non-hydrogen) atoms. The molecule has 0 amide bonds. The maximum Gasteiger partial charge on any atom is 0.222 e. The van der Waals surface area contributed by atoms with Crippen LogP contribution in [0.4, 0.5) is 5.82 Å². The van der Waals surface area contributed by atoms with E-state index in [0.29, 0.717) is 11.5 Å². The predicted molar refractivity (Wildman–Crippen MR) is 84.3 cm³/mol. The molecule has 5 rings (SSSR count). The Balaban J connectivity index is 1.72. The average Bonchev–Trinajstić information content (AvgIpc) is 3.33. The van der Waals surface area contributed by atoms with E-state index in [2.05, 4.69) is 46.4 Å². The minimum Gasteiger partial charge on any atom is -0.351 e. The summed E-state index contributed by atoms with van der Waals surface area (Å²) in [5.41, 5.74) is 3.09. The standard InChI is InChI=1S/C13H13N11/c1-2-9-10(7-8(1)11-16-19-20-17-11)24-13(18-21-22-24)12(15-9)23-5-3-14-4-6-23/h1-2,7,14H,3-6H2,(H,16,17,19,20). The molecule has 1 saturated heterocycles. The van der Waals surface area contributed by atoms with Gasteiger partial charge in [-0.2, -0.15) is 9.73 Å². The minimum absolute atomic E-state index is 0.518. The Bertz CT molecular complexity index is 1000. The van der Waals surface area contributed by atoms with Gasteiger partial charge in [-0.25, -0.2) is 4.98 Å². The predicted octanol–water partition coefficient (Wildman–Crippen LogP) is -0.738. The van der Waals surface area contributed by atoms with Crippen molar-refractivity contribution in [3.63, 3.8) is 0 Å². The first-order valence-corrected chi connectivity index (χ1v) is 7.61. The van der Waals surface area contributed by atoms with Crippen LogP contribution in [0.15, 0.2) is 18.2 Å². The van der Waals surface area contributed by atoms with Crippen LogP contribution in [0.25, 0.3) is 28.1 Å². The molecule has 0 unspecified atom stereocenters. The van der Waals surface area contributed by atoms with Crippen LogP contribution in [-0.2, 0) is 0 Å². The van der Waals surface area contributed by atoms with Crippen molar-refractivity contribution in [2.24, 2.45) is 0 Å². The molecule has 0 spiro atoms. The van der Waals surface area contributed by atoms with E-state index in [-0.39, 0.29) is 0 Å². The molecule has 1 fully saturated rings. The lowest BCUT2D eigenvalue weighted by atomic mass is 10.2. The highest BCUT2D eigenvalue weighted by Crippen LogP contribution is 2.25. The van der Waals surface area contributed by atoms with Crippen molar-refractivity contribution in [1.82, 2.24) is 51.0 Å². The second-order valence-corrected chi connectivity index (χ2v) is 5.53. The smallest absolute Gasteiger partial charge is 0.222 e. The number of piperazine rings is 1. The number of nitrogens with zero attached hydrogens (tertiary/aromatic N) is 9. The number of hydrogen-bond acceptors (Lipinski definition) is 9. The largest absolute Gasteiger partial charge is 0.351 e. The Morgan fingerprint density at radius 2 is 2.00 bits per heavy atom. The molecule has 11 nitrogen and oxygen atoms in total. The Hall–Kier alpha value is -3.21. The molecule has 4 aromatic rings. The molecule has 1 aliphatic heterocycles. The molecule has 3 aromatic heterocycles. The van der Waals surface area contributed by atoms with E-state index >= 15 is 0 Å². The number of tetrazole rings is 2. The quantitative estimate of drug-likeness (QED) is 0.490. The summed E-state index contributed by atoms with van der Waals surface area (Å²) in [6.45, 7) is 3.60. The van der Waals surface area contributed by atoms with Crippen LogP contribution in [0.3, 0.4) is 0 Å². The van der Waals surface area contributed by atoms with Crippen molar-refractivity contribution < 1.29 is 0 Å². The maximum atomic E-state index is 4.79. The third-order valence-corrected chi connectivity index (χ3v) is 4.12. The number of anilines is 1. The van der Waals surface area contributed by atoms with Crippen molar-refractivity contribution in [1.29, 1.82) is 0 Å². The Morgan fingerprint density at radius 1 is 1.08 bits per heavy atom. The topological polar surface area (TPSA) is 126 Å². The van der Waals surface area contributed by atoms with Crippen molar-refractivity contribution in [3.8, 4) is 11.4 Å². The number of rotatable bonds is 2.